The Kier molecular flexibility index (Phi) is 7.80. The molecule has 0 aliphatic carbocycles. The van der Waals surface area contributed by atoms with Crippen molar-refractivity contribution in [2.75, 3.05) is 26.2 Å². The lowest BCUT2D eigenvalue weighted by Crippen LogP contribution is -2.42. The van der Waals surface area contributed by atoms with Crippen molar-refractivity contribution in [2.24, 2.45) is 0 Å². The highest BCUT2D eigenvalue weighted by molar-refractivity contribution is 7.80. The summed E-state index contributed by atoms with van der Waals surface area (Å²) in [4.78, 5) is 2.37. The summed E-state index contributed by atoms with van der Waals surface area (Å²) in [6.07, 6.45) is 0. The molecule has 0 aromatic heterocycles. The Labute approximate surface area is 93.2 Å². The first-order valence-electron chi connectivity index (χ1n) is 5.36. The zero-order chi connectivity index (χ0) is 11.0. The van der Waals surface area contributed by atoms with Gasteiger partial charge < -0.3 is 15.5 Å². The van der Waals surface area contributed by atoms with Crippen LogP contribution in [0, 0.1) is 0 Å². The second kappa shape index (κ2) is 8.00. The van der Waals surface area contributed by atoms with E-state index < -0.39 is 0 Å². The van der Waals surface area contributed by atoms with Crippen molar-refractivity contribution < 1.29 is 0 Å². The Morgan fingerprint density at radius 1 is 1.29 bits per heavy atom. The fourth-order valence-corrected chi connectivity index (χ4v) is 1.52. The number of thiocarbonyl (C=S) groups is 1. The van der Waals surface area contributed by atoms with Crippen molar-refractivity contribution in [3.63, 3.8) is 0 Å². The van der Waals surface area contributed by atoms with Gasteiger partial charge in [0.05, 0.1) is 0 Å². The van der Waals surface area contributed by atoms with Gasteiger partial charge in [0.2, 0.25) is 0 Å². The van der Waals surface area contributed by atoms with Crippen LogP contribution in [0.1, 0.15) is 27.7 Å². The zero-order valence-corrected chi connectivity index (χ0v) is 10.6. The third kappa shape index (κ3) is 7.09. The lowest BCUT2D eigenvalue weighted by Gasteiger charge is -2.19. The fraction of sp³-hybridized carbons (Fsp3) is 0.900. The monoisotopic (exact) mass is 217 g/mol. The van der Waals surface area contributed by atoms with Crippen molar-refractivity contribution in [1.82, 2.24) is 15.5 Å². The average molecular weight is 217 g/mol. The SMILES string of the molecule is CCN(CC)CCNC(=S)NC(C)C. The molecule has 0 aliphatic heterocycles. The standard InChI is InChI=1S/C10H23N3S/c1-5-13(6-2)8-7-11-10(14)12-9(3)4/h9H,5-8H2,1-4H3,(H2,11,12,14). The van der Waals surface area contributed by atoms with Crippen LogP contribution in [-0.4, -0.2) is 42.2 Å². The minimum atomic E-state index is 0.406. The summed E-state index contributed by atoms with van der Waals surface area (Å²) in [7, 11) is 0. The molecule has 4 heteroatoms. The molecule has 0 unspecified atom stereocenters. The Morgan fingerprint density at radius 3 is 2.29 bits per heavy atom. The lowest BCUT2D eigenvalue weighted by atomic mass is 10.4. The van der Waals surface area contributed by atoms with Crippen LogP contribution < -0.4 is 10.6 Å². The summed E-state index contributed by atoms with van der Waals surface area (Å²) in [6.45, 7) is 12.7. The first-order valence-corrected chi connectivity index (χ1v) is 5.77. The Morgan fingerprint density at radius 2 is 1.86 bits per heavy atom. The molecular weight excluding hydrogens is 194 g/mol. The van der Waals surface area contributed by atoms with E-state index in [-0.39, 0.29) is 0 Å². The second-order valence-electron chi connectivity index (χ2n) is 3.58. The van der Waals surface area contributed by atoms with Gasteiger partial charge in [-0.2, -0.15) is 0 Å². The van der Waals surface area contributed by atoms with E-state index in [1.165, 1.54) is 0 Å². The molecule has 0 aromatic rings. The number of hydrogen-bond acceptors (Lipinski definition) is 2. The molecule has 0 fully saturated rings. The minimum Gasteiger partial charge on any atom is -0.361 e. The molecule has 0 atom stereocenters. The maximum Gasteiger partial charge on any atom is 0.166 e. The predicted molar refractivity (Wildman–Crippen MR) is 66.7 cm³/mol. The van der Waals surface area contributed by atoms with Gasteiger partial charge in [0.15, 0.2) is 5.11 Å². The summed E-state index contributed by atoms with van der Waals surface area (Å²) in [5.74, 6) is 0. The van der Waals surface area contributed by atoms with Crippen LogP contribution >= 0.6 is 12.2 Å². The maximum atomic E-state index is 5.11. The van der Waals surface area contributed by atoms with Gasteiger partial charge in [-0.1, -0.05) is 13.8 Å². The number of hydrogen-bond donors (Lipinski definition) is 2. The Bertz CT molecular complexity index is 155. The number of nitrogens with one attached hydrogen (secondary N) is 2. The summed E-state index contributed by atoms with van der Waals surface area (Å²) in [6, 6.07) is 0.406. The molecule has 0 saturated carbocycles. The van der Waals surface area contributed by atoms with Gasteiger partial charge in [-0.15, -0.1) is 0 Å². The molecule has 0 saturated heterocycles. The largest absolute Gasteiger partial charge is 0.361 e. The van der Waals surface area contributed by atoms with Crippen molar-refractivity contribution in [1.29, 1.82) is 0 Å². The number of rotatable bonds is 6. The first kappa shape index (κ1) is 13.7. The summed E-state index contributed by atoms with van der Waals surface area (Å²) in [5, 5.41) is 7.10. The zero-order valence-electron chi connectivity index (χ0n) is 9.76. The number of likely N-dealkylation sites (N-methyl/N-ethyl adjacent to an activating group) is 1. The molecule has 0 amide bonds. The summed E-state index contributed by atoms with van der Waals surface area (Å²) < 4.78 is 0. The topological polar surface area (TPSA) is 27.3 Å². The van der Waals surface area contributed by atoms with Gasteiger partial charge in [-0.25, -0.2) is 0 Å². The van der Waals surface area contributed by atoms with E-state index >= 15 is 0 Å². The van der Waals surface area contributed by atoms with Crippen LogP contribution in [0.5, 0.6) is 0 Å². The third-order valence-electron chi connectivity index (χ3n) is 2.03. The van der Waals surface area contributed by atoms with Crippen molar-refractivity contribution >= 4 is 17.3 Å². The van der Waals surface area contributed by atoms with Crippen LogP contribution in [-0.2, 0) is 0 Å². The van der Waals surface area contributed by atoms with Crippen LogP contribution in [0.15, 0.2) is 0 Å². The van der Waals surface area contributed by atoms with E-state index in [9.17, 15) is 0 Å². The highest BCUT2D eigenvalue weighted by Gasteiger charge is 2.00. The molecule has 3 nitrogen and oxygen atoms in total. The van der Waals surface area contributed by atoms with Crippen LogP contribution in [0.25, 0.3) is 0 Å². The molecule has 0 spiro atoms. The van der Waals surface area contributed by atoms with E-state index in [0.717, 1.165) is 31.3 Å². The van der Waals surface area contributed by atoms with Gasteiger partial charge in [0.25, 0.3) is 0 Å². The molecule has 2 N–H and O–H groups in total. The van der Waals surface area contributed by atoms with E-state index in [4.69, 9.17) is 12.2 Å². The van der Waals surface area contributed by atoms with E-state index in [1.807, 2.05) is 0 Å². The first-order chi connectivity index (χ1) is 6.60. The Hall–Kier alpha value is -0.350. The normalized spacial score (nSPS) is 10.7. The quantitative estimate of drug-likeness (QED) is 0.654. The van der Waals surface area contributed by atoms with Crippen LogP contribution in [0.3, 0.4) is 0 Å². The van der Waals surface area contributed by atoms with Gasteiger partial charge >= 0.3 is 0 Å². The number of nitrogens with zero attached hydrogens (tertiary/aromatic N) is 1. The maximum absolute atomic E-state index is 5.11. The molecule has 0 aliphatic rings. The Balaban J connectivity index is 3.48. The van der Waals surface area contributed by atoms with Gasteiger partial charge in [0.1, 0.15) is 0 Å². The average Bonchev–Trinajstić information content (AvgIpc) is 2.11. The van der Waals surface area contributed by atoms with Crippen LogP contribution in [0.2, 0.25) is 0 Å². The fourth-order valence-electron chi connectivity index (χ4n) is 1.18. The second-order valence-corrected chi connectivity index (χ2v) is 3.99. The van der Waals surface area contributed by atoms with E-state index in [1.54, 1.807) is 0 Å². The molecule has 0 radical (unpaired) electrons. The summed E-state index contributed by atoms with van der Waals surface area (Å²) >= 11 is 5.11. The van der Waals surface area contributed by atoms with Gasteiger partial charge in [0, 0.05) is 19.1 Å². The molecule has 0 heterocycles. The summed E-state index contributed by atoms with van der Waals surface area (Å²) in [5.41, 5.74) is 0. The van der Waals surface area contributed by atoms with Crippen molar-refractivity contribution in [3.05, 3.63) is 0 Å². The smallest absolute Gasteiger partial charge is 0.166 e. The molecular formula is C10H23N3S. The van der Waals surface area contributed by atoms with E-state index in [0.29, 0.717) is 6.04 Å². The van der Waals surface area contributed by atoms with Gasteiger partial charge in [-0.05, 0) is 39.2 Å². The molecule has 0 aromatic carbocycles. The predicted octanol–water partition coefficient (Wildman–Crippen LogP) is 1.20. The minimum absolute atomic E-state index is 0.406. The molecule has 14 heavy (non-hydrogen) atoms. The van der Waals surface area contributed by atoms with E-state index in [2.05, 4.69) is 43.2 Å². The van der Waals surface area contributed by atoms with Crippen LogP contribution in [0.4, 0.5) is 0 Å². The molecule has 0 rings (SSSR count). The molecule has 84 valence electrons. The van der Waals surface area contributed by atoms with Crippen molar-refractivity contribution in [2.45, 2.75) is 33.7 Å². The highest BCUT2D eigenvalue weighted by Crippen LogP contribution is 1.84. The van der Waals surface area contributed by atoms with Crippen molar-refractivity contribution in [3.8, 4) is 0 Å². The van der Waals surface area contributed by atoms with Gasteiger partial charge in [-0.3, -0.25) is 0 Å². The third-order valence-corrected chi connectivity index (χ3v) is 2.29. The highest BCUT2D eigenvalue weighted by atomic mass is 32.1. The molecule has 0 bridgehead atoms. The lowest BCUT2D eigenvalue weighted by molar-refractivity contribution is 0.308.